The first kappa shape index (κ1) is 13.1. The first-order chi connectivity index (χ1) is 9.13. The molecular formula is C14H14N2O3. The number of rotatable bonds is 2. The third-order valence-electron chi connectivity index (χ3n) is 3.24. The highest BCUT2D eigenvalue weighted by Gasteiger charge is 2.21. The number of carbonyl (C=O) groups excluding carboxylic acids is 1. The minimum atomic E-state index is -0.553. The average Bonchev–Trinajstić information content (AvgIpc) is 2.46. The summed E-state index contributed by atoms with van der Waals surface area (Å²) in [4.78, 5) is 24.3. The molecule has 1 aliphatic rings. The van der Waals surface area contributed by atoms with Gasteiger partial charge in [-0.1, -0.05) is 5.92 Å². The number of nitro benzene ring substituents is 1. The van der Waals surface area contributed by atoms with E-state index < -0.39 is 4.92 Å². The van der Waals surface area contributed by atoms with E-state index in [9.17, 15) is 14.9 Å². The second-order valence-electron chi connectivity index (χ2n) is 4.49. The van der Waals surface area contributed by atoms with E-state index in [2.05, 4.69) is 5.92 Å². The van der Waals surface area contributed by atoms with Crippen molar-refractivity contribution < 1.29 is 9.72 Å². The van der Waals surface area contributed by atoms with Crippen molar-refractivity contribution in [3.05, 3.63) is 39.4 Å². The quantitative estimate of drug-likeness (QED) is 0.464. The summed E-state index contributed by atoms with van der Waals surface area (Å²) in [5.41, 5.74) is 0.332. The Kier molecular flexibility index (Phi) is 3.81. The largest absolute Gasteiger partial charge is 0.339 e. The number of terminal acetylenes is 1. The van der Waals surface area contributed by atoms with Gasteiger partial charge in [0.1, 0.15) is 5.56 Å². The summed E-state index contributed by atoms with van der Waals surface area (Å²) < 4.78 is 0. The van der Waals surface area contributed by atoms with Crippen molar-refractivity contribution in [3.63, 3.8) is 0 Å². The molecule has 19 heavy (non-hydrogen) atoms. The summed E-state index contributed by atoms with van der Waals surface area (Å²) in [7, 11) is 0. The molecule has 0 aliphatic carbocycles. The van der Waals surface area contributed by atoms with Gasteiger partial charge in [0.15, 0.2) is 0 Å². The van der Waals surface area contributed by atoms with Gasteiger partial charge in [-0.2, -0.15) is 0 Å². The van der Waals surface area contributed by atoms with Crippen LogP contribution in [0.15, 0.2) is 18.2 Å². The average molecular weight is 258 g/mol. The SMILES string of the molecule is C#Cc1ccc(C(=O)N2CCCCC2)cc1[N+](=O)[O-]. The van der Waals surface area contributed by atoms with Crippen LogP contribution >= 0.6 is 0 Å². The minimum Gasteiger partial charge on any atom is -0.339 e. The van der Waals surface area contributed by atoms with Crippen molar-refractivity contribution in [1.29, 1.82) is 0 Å². The van der Waals surface area contributed by atoms with Gasteiger partial charge in [0.05, 0.1) is 4.92 Å². The topological polar surface area (TPSA) is 63.5 Å². The van der Waals surface area contributed by atoms with E-state index in [0.717, 1.165) is 19.3 Å². The van der Waals surface area contributed by atoms with Crippen LogP contribution in [-0.4, -0.2) is 28.8 Å². The van der Waals surface area contributed by atoms with Gasteiger partial charge >= 0.3 is 0 Å². The van der Waals surface area contributed by atoms with Gasteiger partial charge in [-0.15, -0.1) is 6.42 Å². The highest BCUT2D eigenvalue weighted by molar-refractivity contribution is 5.95. The maximum absolute atomic E-state index is 12.2. The third-order valence-corrected chi connectivity index (χ3v) is 3.24. The molecule has 5 heteroatoms. The Morgan fingerprint density at radius 3 is 2.58 bits per heavy atom. The van der Waals surface area contributed by atoms with E-state index in [1.165, 1.54) is 12.1 Å². The Morgan fingerprint density at radius 2 is 2.00 bits per heavy atom. The Bertz CT molecular complexity index is 554. The molecule has 0 aromatic heterocycles. The number of nitrogens with zero attached hydrogens (tertiary/aromatic N) is 2. The molecule has 1 saturated heterocycles. The summed E-state index contributed by atoms with van der Waals surface area (Å²) in [6.07, 6.45) is 8.30. The van der Waals surface area contributed by atoms with Crippen LogP contribution in [0.4, 0.5) is 5.69 Å². The molecule has 0 unspecified atom stereocenters. The third kappa shape index (κ3) is 2.74. The van der Waals surface area contributed by atoms with E-state index in [0.29, 0.717) is 18.7 Å². The Labute approximate surface area is 111 Å². The molecule has 98 valence electrons. The zero-order valence-corrected chi connectivity index (χ0v) is 10.5. The molecule has 5 nitrogen and oxygen atoms in total. The Hall–Kier alpha value is -2.35. The zero-order chi connectivity index (χ0) is 13.8. The van der Waals surface area contributed by atoms with Gasteiger partial charge in [0.25, 0.3) is 11.6 Å². The van der Waals surface area contributed by atoms with Gasteiger partial charge in [-0.3, -0.25) is 14.9 Å². The van der Waals surface area contributed by atoms with Crippen molar-refractivity contribution in [2.45, 2.75) is 19.3 Å². The fourth-order valence-electron chi connectivity index (χ4n) is 2.22. The van der Waals surface area contributed by atoms with Gasteiger partial charge in [0.2, 0.25) is 0 Å². The minimum absolute atomic E-state index is 0.161. The van der Waals surface area contributed by atoms with Crippen LogP contribution in [0.3, 0.4) is 0 Å². The molecule has 0 radical (unpaired) electrons. The number of likely N-dealkylation sites (tertiary alicyclic amines) is 1. The predicted octanol–water partition coefficient (Wildman–Crippen LogP) is 2.20. The summed E-state index contributed by atoms with van der Waals surface area (Å²) in [6.45, 7) is 1.42. The van der Waals surface area contributed by atoms with E-state index in [-0.39, 0.29) is 17.2 Å². The molecule has 1 aromatic rings. The zero-order valence-electron chi connectivity index (χ0n) is 10.5. The van der Waals surface area contributed by atoms with Crippen LogP contribution in [0, 0.1) is 22.5 Å². The van der Waals surface area contributed by atoms with Gasteiger partial charge in [-0.05, 0) is 31.4 Å². The molecule has 0 saturated carbocycles. The lowest BCUT2D eigenvalue weighted by Crippen LogP contribution is -2.35. The van der Waals surface area contributed by atoms with Crippen LogP contribution in [0.5, 0.6) is 0 Å². The smallest absolute Gasteiger partial charge is 0.285 e. The molecule has 0 spiro atoms. The molecule has 0 N–H and O–H groups in total. The highest BCUT2D eigenvalue weighted by atomic mass is 16.6. The van der Waals surface area contributed by atoms with Gasteiger partial charge in [0, 0.05) is 24.7 Å². The molecule has 0 bridgehead atoms. The first-order valence-corrected chi connectivity index (χ1v) is 6.18. The molecule has 1 amide bonds. The van der Waals surface area contributed by atoms with Gasteiger partial charge in [-0.25, -0.2) is 0 Å². The monoisotopic (exact) mass is 258 g/mol. The molecule has 0 atom stereocenters. The number of piperidine rings is 1. The van der Waals surface area contributed by atoms with E-state index in [1.54, 1.807) is 11.0 Å². The van der Waals surface area contributed by atoms with Crippen molar-refractivity contribution >= 4 is 11.6 Å². The van der Waals surface area contributed by atoms with E-state index in [4.69, 9.17) is 6.42 Å². The molecule has 1 heterocycles. The fraction of sp³-hybridized carbons (Fsp3) is 0.357. The summed E-state index contributed by atoms with van der Waals surface area (Å²) in [5, 5.41) is 10.9. The summed E-state index contributed by atoms with van der Waals surface area (Å²) in [6, 6.07) is 4.28. The summed E-state index contributed by atoms with van der Waals surface area (Å²) >= 11 is 0. The van der Waals surface area contributed by atoms with Gasteiger partial charge < -0.3 is 4.90 Å². The summed E-state index contributed by atoms with van der Waals surface area (Å²) in [5.74, 6) is 2.10. The highest BCUT2D eigenvalue weighted by Crippen LogP contribution is 2.21. The molecule has 2 rings (SSSR count). The lowest BCUT2D eigenvalue weighted by atomic mass is 10.1. The standard InChI is InChI=1S/C14H14N2O3/c1-2-11-6-7-12(10-13(11)16(18)19)14(17)15-8-4-3-5-9-15/h1,6-7,10H,3-5,8-9H2. The first-order valence-electron chi connectivity index (χ1n) is 6.18. The number of hydrogen-bond acceptors (Lipinski definition) is 3. The van der Waals surface area contributed by atoms with Crippen molar-refractivity contribution in [2.24, 2.45) is 0 Å². The number of nitro groups is 1. The number of hydrogen-bond donors (Lipinski definition) is 0. The number of benzene rings is 1. The van der Waals surface area contributed by atoms with Crippen LogP contribution in [0.25, 0.3) is 0 Å². The second-order valence-corrected chi connectivity index (χ2v) is 4.49. The van der Waals surface area contributed by atoms with Crippen molar-refractivity contribution in [3.8, 4) is 12.3 Å². The fourth-order valence-corrected chi connectivity index (χ4v) is 2.22. The maximum Gasteiger partial charge on any atom is 0.285 e. The Balaban J connectivity index is 2.30. The van der Waals surface area contributed by atoms with Crippen LogP contribution in [0.2, 0.25) is 0 Å². The van der Waals surface area contributed by atoms with Crippen LogP contribution in [-0.2, 0) is 0 Å². The van der Waals surface area contributed by atoms with Crippen LogP contribution < -0.4 is 0 Å². The lowest BCUT2D eigenvalue weighted by Gasteiger charge is -2.26. The number of amides is 1. The van der Waals surface area contributed by atoms with Crippen molar-refractivity contribution in [2.75, 3.05) is 13.1 Å². The molecule has 1 aromatic carbocycles. The van der Waals surface area contributed by atoms with Crippen LogP contribution in [0.1, 0.15) is 35.2 Å². The molecular weight excluding hydrogens is 244 g/mol. The number of carbonyl (C=O) groups is 1. The normalized spacial score (nSPS) is 14.8. The molecule has 1 aliphatic heterocycles. The second kappa shape index (κ2) is 5.53. The molecule has 1 fully saturated rings. The van der Waals surface area contributed by atoms with Crippen molar-refractivity contribution in [1.82, 2.24) is 4.90 Å². The maximum atomic E-state index is 12.2. The lowest BCUT2D eigenvalue weighted by molar-refractivity contribution is -0.385. The Morgan fingerprint density at radius 1 is 1.32 bits per heavy atom. The van der Waals surface area contributed by atoms with E-state index >= 15 is 0 Å². The van der Waals surface area contributed by atoms with E-state index in [1.807, 2.05) is 0 Å². The predicted molar refractivity (Wildman–Crippen MR) is 70.8 cm³/mol.